The number of aryl methyl sites for hydroxylation is 1. The molecule has 1 atom stereocenters. The van der Waals surface area contributed by atoms with E-state index in [0.717, 1.165) is 35.7 Å². The fraction of sp³-hybridized carbons (Fsp3) is 0.571. The van der Waals surface area contributed by atoms with E-state index in [-0.39, 0.29) is 6.04 Å². The summed E-state index contributed by atoms with van der Waals surface area (Å²) in [6.45, 7) is 3.02. The summed E-state index contributed by atoms with van der Waals surface area (Å²) >= 11 is 3.40. The van der Waals surface area contributed by atoms with Crippen LogP contribution in [0.1, 0.15) is 31.2 Å². The van der Waals surface area contributed by atoms with Gasteiger partial charge in [-0.05, 0) is 56.5 Å². The van der Waals surface area contributed by atoms with E-state index in [4.69, 9.17) is 5.73 Å². The van der Waals surface area contributed by atoms with Gasteiger partial charge in [-0.15, -0.1) is 0 Å². The molecule has 0 bridgehead atoms. The predicted molar refractivity (Wildman–Crippen MR) is 84.1 cm³/mol. The third-order valence-electron chi connectivity index (χ3n) is 3.81. The van der Waals surface area contributed by atoms with Crippen LogP contribution in [-0.4, -0.2) is 31.9 Å². The van der Waals surface area contributed by atoms with Gasteiger partial charge in [-0.25, -0.2) is 8.42 Å². The first kappa shape index (κ1) is 15.9. The van der Waals surface area contributed by atoms with E-state index >= 15 is 0 Å². The van der Waals surface area contributed by atoms with Gasteiger partial charge in [-0.3, -0.25) is 0 Å². The largest absolute Gasteiger partial charge is 0.330 e. The molecule has 1 aromatic rings. The molecule has 2 rings (SSSR count). The van der Waals surface area contributed by atoms with E-state index in [0.29, 0.717) is 18.0 Å². The number of rotatable bonds is 4. The summed E-state index contributed by atoms with van der Waals surface area (Å²) in [5, 5.41) is 0. The molecule has 2 N–H and O–H groups in total. The van der Waals surface area contributed by atoms with Crippen molar-refractivity contribution in [3.8, 4) is 0 Å². The number of benzene rings is 1. The van der Waals surface area contributed by atoms with Gasteiger partial charge in [0.25, 0.3) is 0 Å². The Bertz CT molecular complexity index is 573. The second-order valence-electron chi connectivity index (χ2n) is 5.25. The van der Waals surface area contributed by atoms with E-state index in [1.54, 1.807) is 22.5 Å². The number of piperidine rings is 1. The zero-order valence-corrected chi connectivity index (χ0v) is 14.1. The van der Waals surface area contributed by atoms with Gasteiger partial charge in [0.2, 0.25) is 10.0 Å². The minimum absolute atomic E-state index is 0.0442. The van der Waals surface area contributed by atoms with Gasteiger partial charge in [-0.1, -0.05) is 22.4 Å². The summed E-state index contributed by atoms with van der Waals surface area (Å²) in [5.74, 6) is 0. The molecule has 1 heterocycles. The lowest BCUT2D eigenvalue weighted by Gasteiger charge is -2.34. The molecule has 6 heteroatoms. The highest BCUT2D eigenvalue weighted by Crippen LogP contribution is 2.28. The first-order valence-electron chi connectivity index (χ1n) is 6.95. The van der Waals surface area contributed by atoms with Crippen molar-refractivity contribution in [2.45, 2.75) is 43.5 Å². The van der Waals surface area contributed by atoms with Crippen molar-refractivity contribution < 1.29 is 8.42 Å². The van der Waals surface area contributed by atoms with Crippen LogP contribution < -0.4 is 5.73 Å². The summed E-state index contributed by atoms with van der Waals surface area (Å²) in [6, 6.07) is 5.24. The quantitative estimate of drug-likeness (QED) is 0.897. The molecule has 20 heavy (non-hydrogen) atoms. The zero-order valence-electron chi connectivity index (χ0n) is 11.7. The average Bonchev–Trinajstić information content (AvgIpc) is 2.42. The summed E-state index contributed by atoms with van der Waals surface area (Å²) in [4.78, 5) is 0.377. The van der Waals surface area contributed by atoms with Crippen LogP contribution in [0.4, 0.5) is 0 Å². The number of nitrogens with zero attached hydrogens (tertiary/aromatic N) is 1. The van der Waals surface area contributed by atoms with Crippen LogP contribution in [-0.2, 0) is 10.0 Å². The molecule has 1 aromatic carbocycles. The molecule has 0 saturated carbocycles. The van der Waals surface area contributed by atoms with Crippen molar-refractivity contribution in [1.82, 2.24) is 4.31 Å². The third kappa shape index (κ3) is 3.24. The second-order valence-corrected chi connectivity index (χ2v) is 8.00. The Morgan fingerprint density at radius 2 is 2.15 bits per heavy atom. The maximum atomic E-state index is 12.8. The van der Waals surface area contributed by atoms with Gasteiger partial charge in [0.1, 0.15) is 0 Å². The van der Waals surface area contributed by atoms with Crippen LogP contribution >= 0.6 is 15.9 Å². The Labute approximate surface area is 129 Å². The Kier molecular flexibility index (Phi) is 5.23. The molecular weight excluding hydrogens is 340 g/mol. The lowest BCUT2D eigenvalue weighted by molar-refractivity contribution is 0.243. The summed E-state index contributed by atoms with van der Waals surface area (Å²) in [6.07, 6.45) is 3.65. The number of sulfonamides is 1. The van der Waals surface area contributed by atoms with Crippen LogP contribution in [0.3, 0.4) is 0 Å². The second kappa shape index (κ2) is 6.56. The first-order chi connectivity index (χ1) is 9.46. The first-order valence-corrected chi connectivity index (χ1v) is 9.18. The minimum atomic E-state index is -3.42. The average molecular weight is 361 g/mol. The number of nitrogens with two attached hydrogens (primary N) is 1. The fourth-order valence-electron chi connectivity index (χ4n) is 2.68. The molecule has 1 aliphatic heterocycles. The van der Waals surface area contributed by atoms with Gasteiger partial charge < -0.3 is 5.73 Å². The summed E-state index contributed by atoms with van der Waals surface area (Å²) in [7, 11) is -3.42. The highest BCUT2D eigenvalue weighted by molar-refractivity contribution is 9.10. The summed E-state index contributed by atoms with van der Waals surface area (Å²) in [5.41, 5.74) is 6.55. The van der Waals surface area contributed by atoms with E-state index in [9.17, 15) is 8.42 Å². The Morgan fingerprint density at radius 3 is 2.80 bits per heavy atom. The van der Waals surface area contributed by atoms with E-state index in [1.165, 1.54) is 0 Å². The molecule has 0 aromatic heterocycles. The highest BCUT2D eigenvalue weighted by atomic mass is 79.9. The summed E-state index contributed by atoms with van der Waals surface area (Å²) < 4.78 is 28.2. The third-order valence-corrected chi connectivity index (χ3v) is 6.65. The van der Waals surface area contributed by atoms with Crippen molar-refractivity contribution in [3.63, 3.8) is 0 Å². The Morgan fingerprint density at radius 1 is 1.40 bits per heavy atom. The van der Waals surface area contributed by atoms with E-state index in [2.05, 4.69) is 15.9 Å². The number of halogens is 1. The molecule has 0 spiro atoms. The Balaban J connectivity index is 2.34. The lowest BCUT2D eigenvalue weighted by atomic mass is 10.0. The molecule has 1 saturated heterocycles. The zero-order chi connectivity index (χ0) is 14.8. The van der Waals surface area contributed by atoms with Gasteiger partial charge >= 0.3 is 0 Å². The van der Waals surface area contributed by atoms with Crippen molar-refractivity contribution in [1.29, 1.82) is 0 Å². The molecule has 0 amide bonds. The van der Waals surface area contributed by atoms with Crippen molar-refractivity contribution in [2.75, 3.05) is 13.1 Å². The van der Waals surface area contributed by atoms with Crippen LogP contribution in [0.15, 0.2) is 27.6 Å². The molecule has 1 fully saturated rings. The lowest BCUT2D eigenvalue weighted by Crippen LogP contribution is -2.44. The molecule has 4 nitrogen and oxygen atoms in total. The van der Waals surface area contributed by atoms with Crippen LogP contribution in [0.5, 0.6) is 0 Å². The van der Waals surface area contributed by atoms with E-state index < -0.39 is 10.0 Å². The number of hydrogen-bond donors (Lipinski definition) is 1. The van der Waals surface area contributed by atoms with Crippen LogP contribution in [0, 0.1) is 6.92 Å². The van der Waals surface area contributed by atoms with Crippen LogP contribution in [0.2, 0.25) is 0 Å². The van der Waals surface area contributed by atoms with Gasteiger partial charge in [0.15, 0.2) is 0 Å². The van der Waals surface area contributed by atoms with Crippen molar-refractivity contribution >= 4 is 26.0 Å². The fourth-order valence-corrected chi connectivity index (χ4v) is 4.74. The molecular formula is C14H21BrN2O2S. The monoisotopic (exact) mass is 360 g/mol. The van der Waals surface area contributed by atoms with Gasteiger partial charge in [0, 0.05) is 17.1 Å². The standard InChI is InChI=1S/C14H21BrN2O2S/c1-11-10-13(5-6-14(11)15)20(18,19)17-9-3-2-4-12(17)7-8-16/h5-6,10,12H,2-4,7-9,16H2,1H3. The Hall–Kier alpha value is -0.430. The molecule has 1 aliphatic rings. The van der Waals surface area contributed by atoms with Crippen molar-refractivity contribution in [3.05, 3.63) is 28.2 Å². The maximum absolute atomic E-state index is 12.8. The highest BCUT2D eigenvalue weighted by Gasteiger charge is 2.33. The topological polar surface area (TPSA) is 63.4 Å². The SMILES string of the molecule is Cc1cc(S(=O)(=O)N2CCCCC2CCN)ccc1Br. The predicted octanol–water partition coefficient (Wildman–Crippen LogP) is 2.65. The van der Waals surface area contributed by atoms with Gasteiger partial charge in [0.05, 0.1) is 4.90 Å². The maximum Gasteiger partial charge on any atom is 0.243 e. The molecule has 0 aliphatic carbocycles. The molecule has 1 unspecified atom stereocenters. The van der Waals surface area contributed by atoms with Crippen molar-refractivity contribution in [2.24, 2.45) is 5.73 Å². The molecule has 112 valence electrons. The molecule has 0 radical (unpaired) electrons. The normalized spacial score (nSPS) is 21.1. The van der Waals surface area contributed by atoms with Crippen LogP contribution in [0.25, 0.3) is 0 Å². The van der Waals surface area contributed by atoms with E-state index in [1.807, 2.05) is 6.92 Å². The smallest absolute Gasteiger partial charge is 0.243 e. The number of hydrogen-bond acceptors (Lipinski definition) is 3. The van der Waals surface area contributed by atoms with Gasteiger partial charge in [-0.2, -0.15) is 4.31 Å². The minimum Gasteiger partial charge on any atom is -0.330 e.